The van der Waals surface area contributed by atoms with Gasteiger partial charge in [-0.05, 0) is 105 Å². The van der Waals surface area contributed by atoms with E-state index in [0.717, 1.165) is 31.3 Å². The molecule has 0 spiro atoms. The van der Waals surface area contributed by atoms with Crippen molar-refractivity contribution < 1.29 is 9.59 Å². The minimum absolute atomic E-state index is 0.0100. The normalized spacial score (nSPS) is 53.0. The summed E-state index contributed by atoms with van der Waals surface area (Å²) in [6, 6.07) is 0. The Bertz CT molecular complexity index is 1070. The van der Waals surface area contributed by atoms with Crippen LogP contribution in [0.25, 0.3) is 0 Å². The summed E-state index contributed by atoms with van der Waals surface area (Å²) in [4.78, 5) is 27.8. The van der Waals surface area contributed by atoms with Crippen molar-refractivity contribution in [3.63, 3.8) is 0 Å². The Morgan fingerprint density at radius 2 is 1.54 bits per heavy atom. The fraction of sp³-hybridized carbons (Fsp3) is 0.800. The largest absolute Gasteiger partial charge is 0.293 e. The average molecular weight is 814 g/mol. The second kappa shape index (κ2) is 8.03. The number of hydrogen-bond acceptors (Lipinski definition) is 2. The van der Waals surface area contributed by atoms with Crippen LogP contribution in [-0.2, 0) is 9.59 Å². The maximum atomic E-state index is 14.6. The molecule has 0 amide bonds. The lowest BCUT2D eigenvalue weighted by Crippen LogP contribution is -2.73. The van der Waals surface area contributed by atoms with Crippen molar-refractivity contribution in [1.82, 2.24) is 0 Å². The molecule has 5 rings (SSSR count). The van der Waals surface area contributed by atoms with Gasteiger partial charge in [0.2, 0.25) is 0 Å². The Morgan fingerprint density at radius 1 is 0.914 bits per heavy atom. The average Bonchev–Trinajstić information content (AvgIpc) is 2.74. The summed E-state index contributed by atoms with van der Waals surface area (Å²) in [6.07, 6.45) is 13.7. The number of allylic oxidation sites excluding steroid dienone is 4. The quantitative estimate of drug-likeness (QED) is 0.196. The summed E-state index contributed by atoms with van der Waals surface area (Å²) in [6.45, 7) is 16.2. The van der Waals surface area contributed by atoms with Gasteiger partial charge in [0.05, 0.1) is 6.84 Å². The van der Waals surface area contributed by atoms with E-state index in [-0.39, 0.29) is 40.2 Å². The molecule has 194 valence electrons. The Kier molecular flexibility index (Phi) is 6.33. The summed E-state index contributed by atoms with van der Waals surface area (Å²) in [5.74, 6) is 1.22. The molecular weight excluding hydrogens is 773 g/mol. The Labute approximate surface area is 253 Å². The molecule has 0 radical (unpaired) electrons. The smallest absolute Gasteiger partial charge is 0.174 e. The van der Waals surface area contributed by atoms with Gasteiger partial charge in [-0.2, -0.15) is 0 Å². The van der Waals surface area contributed by atoms with Crippen LogP contribution in [-0.4, -0.2) is 21.8 Å². The molecule has 8 unspecified atom stereocenters. The second-order valence-corrected chi connectivity index (χ2v) is 19.8. The van der Waals surface area contributed by atoms with Crippen LogP contribution in [0.2, 0.25) is 0 Å². The summed E-state index contributed by atoms with van der Waals surface area (Å²) in [5.41, 5.74) is 2.46. The molecule has 5 aliphatic rings. The summed E-state index contributed by atoms with van der Waals surface area (Å²) in [5, 5.41) is 0. The molecule has 0 aromatic carbocycles. The lowest BCUT2D eigenvalue weighted by molar-refractivity contribution is -0.131. The summed E-state index contributed by atoms with van der Waals surface area (Å²) in [7, 11) is 0. The first-order valence-corrected chi connectivity index (χ1v) is 16.8. The maximum Gasteiger partial charge on any atom is 0.174 e. The molecule has 0 aliphatic heterocycles. The monoisotopic (exact) mass is 814 g/mol. The minimum atomic E-state index is -0.419. The molecule has 0 aromatic heterocycles. The third-order valence-electron chi connectivity index (χ3n) is 11.7. The van der Waals surface area contributed by atoms with Gasteiger partial charge in [-0.3, -0.25) is 9.59 Å². The van der Waals surface area contributed by atoms with Gasteiger partial charge < -0.3 is 0 Å². The minimum Gasteiger partial charge on any atom is -0.293 e. The molecule has 0 N–H and O–H groups in total. The van der Waals surface area contributed by atoms with Crippen LogP contribution >= 0.6 is 67.8 Å². The van der Waals surface area contributed by atoms with Gasteiger partial charge in [0.15, 0.2) is 11.6 Å². The van der Waals surface area contributed by atoms with Gasteiger partial charge in [0, 0.05) is 5.41 Å². The van der Waals surface area contributed by atoms with E-state index in [9.17, 15) is 9.59 Å². The molecule has 5 heteroatoms. The van der Waals surface area contributed by atoms with E-state index in [1.165, 1.54) is 31.3 Å². The number of rotatable bonds is 1. The van der Waals surface area contributed by atoms with Crippen molar-refractivity contribution in [1.29, 1.82) is 0 Å². The molecular formula is C30H41I3O2. The van der Waals surface area contributed by atoms with Crippen molar-refractivity contribution in [3.8, 4) is 0 Å². The van der Waals surface area contributed by atoms with Gasteiger partial charge in [0.1, 0.15) is 3.42 Å². The standard InChI is InChI=1S/C30H41I3O2/c1-8-28-12-10-20-25(5)11-9-19-26(6,16-18(2)23(35)27(19,7)31)21(25)15-22(34)30(20,33)29(28,32)17-24(3,4)13-14-28/h15-16,19-20H,8-14,17H2,1-7H3. The maximum absolute atomic E-state index is 14.6. The van der Waals surface area contributed by atoms with Gasteiger partial charge in [0.25, 0.3) is 0 Å². The van der Waals surface area contributed by atoms with Crippen LogP contribution in [0.3, 0.4) is 0 Å². The number of halogens is 3. The third kappa shape index (κ3) is 3.27. The first-order valence-electron chi connectivity index (χ1n) is 13.5. The SMILES string of the molecule is CCC12CCC3C4(C)CCC5C(C)(I)C(=O)C(C)=CC5(C)C4=CC(=O)C3(I)C1(I)CC(C)(C)CC2. The van der Waals surface area contributed by atoms with Crippen molar-refractivity contribution in [2.75, 3.05) is 0 Å². The highest BCUT2D eigenvalue weighted by molar-refractivity contribution is 14.1. The number of carbonyl (C=O) groups excluding carboxylic acids is 2. The highest BCUT2D eigenvalue weighted by atomic mass is 127. The lowest BCUT2D eigenvalue weighted by Gasteiger charge is -2.71. The predicted molar refractivity (Wildman–Crippen MR) is 170 cm³/mol. The zero-order valence-electron chi connectivity index (χ0n) is 22.4. The highest BCUT2D eigenvalue weighted by Crippen LogP contribution is 2.76. The molecule has 0 aromatic rings. The van der Waals surface area contributed by atoms with E-state index in [4.69, 9.17) is 0 Å². The molecule has 0 heterocycles. The Morgan fingerprint density at radius 3 is 2.17 bits per heavy atom. The Hall–Kier alpha value is 1.01. The highest BCUT2D eigenvalue weighted by Gasteiger charge is 2.75. The zero-order valence-corrected chi connectivity index (χ0v) is 28.9. The number of alkyl halides is 3. The van der Waals surface area contributed by atoms with Crippen LogP contribution in [0, 0.1) is 33.5 Å². The number of Topliss-reactive ketones (excluding diaryl/α,β-unsaturated/α-hetero) is 1. The van der Waals surface area contributed by atoms with E-state index in [2.05, 4.69) is 121 Å². The van der Waals surface area contributed by atoms with Crippen molar-refractivity contribution in [2.24, 2.45) is 33.5 Å². The van der Waals surface area contributed by atoms with Crippen molar-refractivity contribution in [3.05, 3.63) is 23.3 Å². The molecule has 0 saturated heterocycles. The van der Waals surface area contributed by atoms with Crippen LogP contribution in [0.15, 0.2) is 23.3 Å². The number of fused-ring (bicyclic) bond motifs is 7. The van der Waals surface area contributed by atoms with Crippen LogP contribution < -0.4 is 0 Å². The van der Waals surface area contributed by atoms with Crippen molar-refractivity contribution in [2.45, 2.75) is 110 Å². The molecule has 3 fully saturated rings. The topological polar surface area (TPSA) is 34.1 Å². The van der Waals surface area contributed by atoms with Crippen molar-refractivity contribution >= 4 is 79.3 Å². The van der Waals surface area contributed by atoms with E-state index in [0.29, 0.717) is 11.7 Å². The zero-order chi connectivity index (χ0) is 26.0. The molecule has 2 nitrogen and oxygen atoms in total. The molecule has 5 aliphatic carbocycles. The van der Waals surface area contributed by atoms with E-state index >= 15 is 0 Å². The number of ketones is 2. The number of carbonyl (C=O) groups is 2. The molecule has 8 atom stereocenters. The second-order valence-electron chi connectivity index (χ2n) is 14.0. The fourth-order valence-corrected chi connectivity index (χ4v) is 15.8. The van der Waals surface area contributed by atoms with E-state index < -0.39 is 3.42 Å². The number of hydrogen-bond donors (Lipinski definition) is 0. The van der Waals surface area contributed by atoms with E-state index in [1.807, 2.05) is 6.92 Å². The lowest BCUT2D eigenvalue weighted by atomic mass is 9.39. The fourth-order valence-electron chi connectivity index (χ4n) is 9.87. The van der Waals surface area contributed by atoms with Gasteiger partial charge in [-0.1, -0.05) is 114 Å². The van der Waals surface area contributed by atoms with E-state index in [1.54, 1.807) is 0 Å². The first-order chi connectivity index (χ1) is 16.0. The summed E-state index contributed by atoms with van der Waals surface area (Å²) >= 11 is 7.93. The van der Waals surface area contributed by atoms with Gasteiger partial charge in [-0.25, -0.2) is 0 Å². The first kappa shape index (κ1) is 27.6. The molecule has 3 saturated carbocycles. The predicted octanol–water partition coefficient (Wildman–Crippen LogP) is 9.00. The molecule has 35 heavy (non-hydrogen) atoms. The third-order valence-corrected chi connectivity index (χ3v) is 18.6. The van der Waals surface area contributed by atoms with Gasteiger partial charge >= 0.3 is 0 Å². The summed E-state index contributed by atoms with van der Waals surface area (Å²) < 4.78 is -0.837. The van der Waals surface area contributed by atoms with Crippen LogP contribution in [0.1, 0.15) is 99.8 Å². The van der Waals surface area contributed by atoms with Crippen LogP contribution in [0.4, 0.5) is 0 Å². The van der Waals surface area contributed by atoms with Crippen LogP contribution in [0.5, 0.6) is 0 Å². The van der Waals surface area contributed by atoms with Gasteiger partial charge in [-0.15, -0.1) is 0 Å². The Balaban J connectivity index is 1.72. The molecule has 0 bridgehead atoms.